The highest BCUT2D eigenvalue weighted by molar-refractivity contribution is 5.89. The van der Waals surface area contributed by atoms with Crippen molar-refractivity contribution in [2.24, 2.45) is 0 Å². The maximum atomic E-state index is 11.7. The first-order chi connectivity index (χ1) is 8.56. The lowest BCUT2D eigenvalue weighted by molar-refractivity contribution is -0.144. The number of carbonyl (C=O) groups excluding carboxylic acids is 3. The molecule has 0 saturated carbocycles. The number of nitrogens with one attached hydrogen (secondary N) is 2. The molecule has 0 aliphatic carbocycles. The van der Waals surface area contributed by atoms with Gasteiger partial charge in [0.25, 0.3) is 0 Å². The summed E-state index contributed by atoms with van der Waals surface area (Å²) in [5.41, 5.74) is -0.639. The largest absolute Gasteiger partial charge is 0.467 e. The molecule has 7 nitrogen and oxygen atoms in total. The first-order valence-electron chi connectivity index (χ1n) is 5.94. The molecule has 0 aromatic rings. The van der Waals surface area contributed by atoms with Gasteiger partial charge in [-0.2, -0.15) is 0 Å². The van der Waals surface area contributed by atoms with Gasteiger partial charge in [-0.25, -0.2) is 9.59 Å². The van der Waals surface area contributed by atoms with E-state index in [4.69, 9.17) is 4.74 Å². The lowest BCUT2D eigenvalue weighted by atomic mass is 10.2. The lowest BCUT2D eigenvalue weighted by Crippen LogP contribution is -2.50. The van der Waals surface area contributed by atoms with Crippen LogP contribution in [0, 0.1) is 0 Å². The summed E-state index contributed by atoms with van der Waals surface area (Å²) in [6.07, 6.45) is -0.694. The number of methoxy groups -OCH3 is 1. The van der Waals surface area contributed by atoms with Gasteiger partial charge in [-0.3, -0.25) is 4.79 Å². The highest BCUT2D eigenvalue weighted by Crippen LogP contribution is 2.06. The molecule has 2 atom stereocenters. The quantitative estimate of drug-likeness (QED) is 0.731. The van der Waals surface area contributed by atoms with Crippen LogP contribution in [0.15, 0.2) is 0 Å². The van der Waals surface area contributed by atoms with Crippen molar-refractivity contribution in [3.63, 3.8) is 0 Å². The Morgan fingerprint density at radius 1 is 1.00 bits per heavy atom. The van der Waals surface area contributed by atoms with Crippen LogP contribution in [0.2, 0.25) is 0 Å². The van der Waals surface area contributed by atoms with Crippen molar-refractivity contribution in [1.82, 2.24) is 10.6 Å². The van der Waals surface area contributed by atoms with Gasteiger partial charge in [-0.05, 0) is 34.6 Å². The fourth-order valence-electron chi connectivity index (χ4n) is 1.12. The normalized spacial score (nSPS) is 14.0. The number of alkyl carbamates (subject to hydrolysis) is 1. The van der Waals surface area contributed by atoms with Crippen LogP contribution in [-0.2, 0) is 19.1 Å². The molecule has 0 aromatic heterocycles. The molecule has 0 aliphatic rings. The van der Waals surface area contributed by atoms with Gasteiger partial charge in [0.1, 0.15) is 17.7 Å². The number of esters is 1. The van der Waals surface area contributed by atoms with Crippen molar-refractivity contribution in [3.05, 3.63) is 0 Å². The molecule has 0 spiro atoms. The van der Waals surface area contributed by atoms with Gasteiger partial charge in [0.15, 0.2) is 0 Å². The molecule has 0 bridgehead atoms. The van der Waals surface area contributed by atoms with E-state index in [0.29, 0.717) is 0 Å². The van der Waals surface area contributed by atoms with Gasteiger partial charge in [-0.1, -0.05) is 0 Å². The van der Waals surface area contributed by atoms with Crippen LogP contribution in [0.4, 0.5) is 4.79 Å². The predicted molar refractivity (Wildman–Crippen MR) is 68.5 cm³/mol. The molecule has 2 unspecified atom stereocenters. The van der Waals surface area contributed by atoms with E-state index < -0.39 is 35.7 Å². The third kappa shape index (κ3) is 7.28. The second kappa shape index (κ2) is 6.96. The van der Waals surface area contributed by atoms with Crippen LogP contribution in [0.1, 0.15) is 34.6 Å². The summed E-state index contributed by atoms with van der Waals surface area (Å²) in [4.78, 5) is 34.3. The molecule has 110 valence electrons. The third-order valence-corrected chi connectivity index (χ3v) is 2.04. The van der Waals surface area contributed by atoms with Gasteiger partial charge < -0.3 is 20.1 Å². The Hall–Kier alpha value is -1.79. The van der Waals surface area contributed by atoms with Crippen LogP contribution < -0.4 is 10.6 Å². The Morgan fingerprint density at radius 3 is 1.95 bits per heavy atom. The molecular formula is C12H22N2O5. The monoisotopic (exact) mass is 274 g/mol. The van der Waals surface area contributed by atoms with E-state index >= 15 is 0 Å². The Bertz CT molecular complexity index is 349. The second-order valence-corrected chi connectivity index (χ2v) is 5.12. The molecule has 19 heavy (non-hydrogen) atoms. The van der Waals surface area contributed by atoms with Crippen molar-refractivity contribution in [3.8, 4) is 0 Å². The summed E-state index contributed by atoms with van der Waals surface area (Å²) in [6.45, 7) is 8.14. The summed E-state index contributed by atoms with van der Waals surface area (Å²) < 4.78 is 9.48. The number of hydrogen-bond acceptors (Lipinski definition) is 5. The van der Waals surface area contributed by atoms with Crippen molar-refractivity contribution < 1.29 is 23.9 Å². The molecule has 0 heterocycles. The summed E-state index contributed by atoms with van der Waals surface area (Å²) in [6, 6.07) is -1.60. The molecule has 0 aliphatic heterocycles. The van der Waals surface area contributed by atoms with Crippen molar-refractivity contribution in [2.75, 3.05) is 7.11 Å². The minimum absolute atomic E-state index is 0.497. The number of amides is 2. The van der Waals surface area contributed by atoms with Gasteiger partial charge in [0.05, 0.1) is 7.11 Å². The Kier molecular flexibility index (Phi) is 6.31. The van der Waals surface area contributed by atoms with E-state index in [-0.39, 0.29) is 0 Å². The number of carbonyl (C=O) groups is 3. The lowest BCUT2D eigenvalue weighted by Gasteiger charge is -2.22. The minimum atomic E-state index is -0.818. The highest BCUT2D eigenvalue weighted by Gasteiger charge is 2.23. The molecule has 0 saturated heterocycles. The third-order valence-electron chi connectivity index (χ3n) is 2.04. The number of rotatable bonds is 4. The molecular weight excluding hydrogens is 252 g/mol. The molecule has 0 rings (SSSR count). The molecule has 0 aromatic carbocycles. The standard InChI is InChI=1S/C12H22N2O5/c1-7(14-11(17)19-12(3,4)5)9(15)13-8(2)10(16)18-6/h7-8H,1-6H3,(H,13,15)(H,14,17). The van der Waals surface area contributed by atoms with Crippen molar-refractivity contribution in [2.45, 2.75) is 52.3 Å². The average Bonchev–Trinajstić information content (AvgIpc) is 2.24. The van der Waals surface area contributed by atoms with E-state index in [1.807, 2.05) is 0 Å². The number of ether oxygens (including phenoxy) is 2. The average molecular weight is 274 g/mol. The highest BCUT2D eigenvalue weighted by atomic mass is 16.6. The van der Waals surface area contributed by atoms with Gasteiger partial charge >= 0.3 is 12.1 Å². The van der Waals surface area contributed by atoms with Crippen molar-refractivity contribution in [1.29, 1.82) is 0 Å². The molecule has 2 N–H and O–H groups in total. The van der Waals surface area contributed by atoms with Crippen LogP contribution in [-0.4, -0.2) is 42.8 Å². The Balaban J connectivity index is 4.28. The SMILES string of the molecule is COC(=O)C(C)NC(=O)C(C)NC(=O)OC(C)(C)C. The summed E-state index contributed by atoms with van der Waals surface area (Å²) >= 11 is 0. The number of hydrogen-bond donors (Lipinski definition) is 2. The molecule has 2 amide bonds. The Labute approximate surface area is 113 Å². The van der Waals surface area contributed by atoms with Gasteiger partial charge in [0.2, 0.25) is 5.91 Å². The van der Waals surface area contributed by atoms with E-state index in [1.54, 1.807) is 20.8 Å². The van der Waals surface area contributed by atoms with E-state index in [2.05, 4.69) is 15.4 Å². The summed E-state index contributed by atoms with van der Waals surface area (Å²) in [5, 5.41) is 4.79. The van der Waals surface area contributed by atoms with Crippen LogP contribution in [0.3, 0.4) is 0 Å². The molecule has 0 radical (unpaired) electrons. The molecule has 0 fully saturated rings. The fourth-order valence-corrected chi connectivity index (χ4v) is 1.12. The molecule has 7 heteroatoms. The summed E-state index contributed by atoms with van der Waals surface area (Å²) in [5.74, 6) is -1.05. The van der Waals surface area contributed by atoms with Gasteiger partial charge in [-0.15, -0.1) is 0 Å². The van der Waals surface area contributed by atoms with Crippen LogP contribution in [0.5, 0.6) is 0 Å². The fraction of sp³-hybridized carbons (Fsp3) is 0.750. The van der Waals surface area contributed by atoms with Crippen LogP contribution in [0.25, 0.3) is 0 Å². The van der Waals surface area contributed by atoms with Crippen molar-refractivity contribution >= 4 is 18.0 Å². The van der Waals surface area contributed by atoms with Gasteiger partial charge in [0, 0.05) is 0 Å². The summed E-state index contributed by atoms with van der Waals surface area (Å²) in [7, 11) is 1.23. The Morgan fingerprint density at radius 2 is 1.53 bits per heavy atom. The van der Waals surface area contributed by atoms with E-state index in [9.17, 15) is 14.4 Å². The second-order valence-electron chi connectivity index (χ2n) is 5.12. The maximum absolute atomic E-state index is 11.7. The smallest absolute Gasteiger partial charge is 0.408 e. The first-order valence-corrected chi connectivity index (χ1v) is 5.94. The van der Waals surface area contributed by atoms with E-state index in [1.165, 1.54) is 21.0 Å². The first kappa shape index (κ1) is 17.2. The predicted octanol–water partition coefficient (Wildman–Crippen LogP) is 0.577. The minimum Gasteiger partial charge on any atom is -0.467 e. The van der Waals surface area contributed by atoms with E-state index in [0.717, 1.165) is 0 Å². The maximum Gasteiger partial charge on any atom is 0.408 e. The zero-order valence-corrected chi connectivity index (χ0v) is 12.2. The zero-order chi connectivity index (χ0) is 15.2. The zero-order valence-electron chi connectivity index (χ0n) is 12.2. The topological polar surface area (TPSA) is 93.7 Å². The van der Waals surface area contributed by atoms with Crippen LogP contribution >= 0.6 is 0 Å².